The van der Waals surface area contributed by atoms with Gasteiger partial charge in [-0.25, -0.2) is 0 Å². The smallest absolute Gasteiger partial charge is 0.0595 e. The molecule has 0 saturated heterocycles. The molecule has 18 heavy (non-hydrogen) atoms. The van der Waals surface area contributed by atoms with E-state index in [2.05, 4.69) is 13.8 Å². The van der Waals surface area contributed by atoms with E-state index in [1.165, 1.54) is 0 Å². The molecule has 4 N–H and O–H groups in total. The van der Waals surface area contributed by atoms with Crippen molar-refractivity contribution in [2.24, 2.45) is 23.5 Å². The fourth-order valence-electron chi connectivity index (χ4n) is 3.40. The molecule has 1 rings (SSSR count). The van der Waals surface area contributed by atoms with Gasteiger partial charge in [-0.3, -0.25) is 0 Å². The first-order valence-corrected chi connectivity index (χ1v) is 7.17. The van der Waals surface area contributed by atoms with Crippen molar-refractivity contribution < 1.29 is 49.2 Å². The minimum atomic E-state index is -0.372. The molecule has 1 fully saturated rings. The van der Waals surface area contributed by atoms with E-state index in [9.17, 15) is 5.11 Å². The Hall–Kier alpha value is 1.32. The number of aliphatic hydroxyl groups excluding tert-OH is 1. The third-order valence-electron chi connectivity index (χ3n) is 4.36. The van der Waals surface area contributed by atoms with Gasteiger partial charge in [0.05, 0.1) is 6.10 Å². The van der Waals surface area contributed by atoms with Crippen LogP contribution in [-0.2, 0) is 0 Å². The molecule has 0 aromatic rings. The summed E-state index contributed by atoms with van der Waals surface area (Å²) in [5.41, 5.74) is 14.6. The Kier molecular flexibility index (Phi) is 9.98. The van der Waals surface area contributed by atoms with Gasteiger partial charge in [0.25, 0.3) is 0 Å². The predicted molar refractivity (Wildman–Crippen MR) is 72.7 cm³/mol. The van der Waals surface area contributed by atoms with Crippen molar-refractivity contribution in [1.29, 1.82) is 0 Å². The van der Waals surface area contributed by atoms with Gasteiger partial charge in [0.15, 0.2) is 0 Å². The summed E-state index contributed by atoms with van der Waals surface area (Å²) in [6.45, 7) is 6.39. The molecule has 0 spiro atoms. The predicted octanol–water partition coefficient (Wildman–Crippen LogP) is 2.97. The third-order valence-corrected chi connectivity index (χ3v) is 4.36. The van der Waals surface area contributed by atoms with Gasteiger partial charge in [0.2, 0.25) is 0 Å². The molecule has 1 unspecified atom stereocenters. The normalized spacial score (nSPS) is 33.5. The molecule has 1 radical (unpaired) electrons. The molecule has 1 aliphatic rings. The van der Waals surface area contributed by atoms with Crippen molar-refractivity contribution in [2.75, 3.05) is 0 Å². The molecule has 1 saturated carbocycles. The zero-order chi connectivity index (χ0) is 13.0. The average Bonchev–Trinajstić information content (AvgIpc) is 2.52. The van der Waals surface area contributed by atoms with Crippen LogP contribution < -0.4 is 5.73 Å². The monoisotopic (exact) mass is 468 g/mol. The molecule has 5 atom stereocenters. The number of hydrogen-bond donors (Lipinski definition) is 2. The second-order valence-corrected chi connectivity index (χ2v) is 5.81. The van der Waals surface area contributed by atoms with E-state index in [0.29, 0.717) is 5.92 Å². The molecule has 105 valence electrons. The molecular formula is C14H29AcN2O-. The molecule has 0 aromatic heterocycles. The maximum Gasteiger partial charge on any atom is 0.0595 e. The van der Waals surface area contributed by atoms with E-state index in [0.717, 1.165) is 32.1 Å². The van der Waals surface area contributed by atoms with E-state index in [4.69, 9.17) is 11.5 Å². The SMILES string of the molecule is CCCC(CCC)C([NH-])[C@@H]1[C@H](O)[C@@H](C)C[C@H]1N.[Ac]. The van der Waals surface area contributed by atoms with Crippen LogP contribution in [0.2, 0.25) is 0 Å². The van der Waals surface area contributed by atoms with Crippen LogP contribution in [0.3, 0.4) is 0 Å². The van der Waals surface area contributed by atoms with Crippen molar-refractivity contribution in [1.82, 2.24) is 0 Å². The zero-order valence-corrected chi connectivity index (χ0v) is 16.8. The summed E-state index contributed by atoms with van der Waals surface area (Å²) >= 11 is 0. The second kappa shape index (κ2) is 9.29. The van der Waals surface area contributed by atoms with Gasteiger partial charge in [-0.05, 0) is 18.3 Å². The van der Waals surface area contributed by atoms with Gasteiger partial charge in [0, 0.05) is 50.1 Å². The number of rotatable bonds is 6. The minimum absolute atomic E-state index is 0. The van der Waals surface area contributed by atoms with E-state index >= 15 is 0 Å². The van der Waals surface area contributed by atoms with Crippen molar-refractivity contribution in [3.63, 3.8) is 0 Å². The van der Waals surface area contributed by atoms with E-state index in [-0.39, 0.29) is 74.1 Å². The Morgan fingerprint density at radius 3 is 2.11 bits per heavy atom. The molecule has 0 aliphatic heterocycles. The molecule has 4 heteroatoms. The molecule has 0 aromatic carbocycles. The van der Waals surface area contributed by atoms with Crippen LogP contribution >= 0.6 is 0 Å². The third kappa shape index (κ3) is 4.70. The first kappa shape index (κ1) is 19.3. The van der Waals surface area contributed by atoms with Crippen LogP contribution in [0.25, 0.3) is 5.73 Å². The number of hydrogen-bond acceptors (Lipinski definition) is 2. The Morgan fingerprint density at radius 1 is 1.28 bits per heavy atom. The first-order chi connectivity index (χ1) is 8.02. The maximum atomic E-state index is 10.2. The van der Waals surface area contributed by atoms with E-state index in [1.807, 2.05) is 6.92 Å². The van der Waals surface area contributed by atoms with Gasteiger partial charge >= 0.3 is 0 Å². The fourth-order valence-corrected chi connectivity index (χ4v) is 3.40. The topological polar surface area (TPSA) is 70.0 Å². The summed E-state index contributed by atoms with van der Waals surface area (Å²) in [7, 11) is 0. The van der Waals surface area contributed by atoms with Crippen molar-refractivity contribution >= 4 is 0 Å². The molecule has 1 aliphatic carbocycles. The summed E-state index contributed by atoms with van der Waals surface area (Å²) in [4.78, 5) is 0. The van der Waals surface area contributed by atoms with Crippen molar-refractivity contribution in [2.45, 2.75) is 71.1 Å². The largest absolute Gasteiger partial charge is 0.674 e. The Bertz CT molecular complexity index is 222. The van der Waals surface area contributed by atoms with Gasteiger partial charge in [-0.2, -0.15) is 0 Å². The Labute approximate surface area is 148 Å². The molecule has 0 amide bonds. The van der Waals surface area contributed by atoms with Gasteiger partial charge in [-0.1, -0.05) is 52.4 Å². The maximum absolute atomic E-state index is 10.2. The Morgan fingerprint density at radius 2 is 1.78 bits per heavy atom. The van der Waals surface area contributed by atoms with E-state index in [1.54, 1.807) is 0 Å². The van der Waals surface area contributed by atoms with Gasteiger partial charge in [0.1, 0.15) is 0 Å². The van der Waals surface area contributed by atoms with Crippen LogP contribution in [-0.4, -0.2) is 23.3 Å². The zero-order valence-electron chi connectivity index (χ0n) is 12.1. The second-order valence-electron chi connectivity index (χ2n) is 5.81. The van der Waals surface area contributed by atoms with Crippen molar-refractivity contribution in [3.8, 4) is 0 Å². The summed E-state index contributed by atoms with van der Waals surface area (Å²) in [5.74, 6) is 0.640. The number of nitrogens with two attached hydrogens (primary N) is 1. The van der Waals surface area contributed by atoms with Crippen molar-refractivity contribution in [3.05, 3.63) is 5.73 Å². The van der Waals surface area contributed by atoms with E-state index < -0.39 is 0 Å². The molecule has 0 bridgehead atoms. The number of nitrogens with one attached hydrogen (secondary N) is 1. The summed E-state index contributed by atoms with van der Waals surface area (Å²) in [5, 5.41) is 10.2. The first-order valence-electron chi connectivity index (χ1n) is 7.17. The fraction of sp³-hybridized carbons (Fsp3) is 1.00. The minimum Gasteiger partial charge on any atom is -0.674 e. The average molecular weight is 468 g/mol. The van der Waals surface area contributed by atoms with Crippen LogP contribution in [0, 0.1) is 61.8 Å². The van der Waals surface area contributed by atoms with Crippen LogP contribution in [0.15, 0.2) is 0 Å². The Balaban J connectivity index is 0.00000289. The molecule has 0 heterocycles. The molecular weight excluding hydrogens is 439 g/mol. The summed E-state index contributed by atoms with van der Waals surface area (Å²) < 4.78 is 0. The standard InChI is InChI=1S/C14H29N2O.Ac/c1-4-6-10(7-5-2)13(16)12-11(15)8-9(3)14(12)17;/h9-14,16-17H,4-8,15H2,1-3H3;/q-1;/t9-,11+,12+,13?,14+;/m0./s1. The van der Waals surface area contributed by atoms with Crippen LogP contribution in [0.5, 0.6) is 0 Å². The quantitative estimate of drug-likeness (QED) is 0.630. The number of aliphatic hydroxyl groups is 1. The molecule has 3 nitrogen and oxygen atoms in total. The van der Waals surface area contributed by atoms with Gasteiger partial charge < -0.3 is 16.6 Å². The van der Waals surface area contributed by atoms with Crippen LogP contribution in [0.4, 0.5) is 0 Å². The summed E-state index contributed by atoms with van der Waals surface area (Å²) in [6, 6.07) is -0.177. The van der Waals surface area contributed by atoms with Crippen LogP contribution in [0.1, 0.15) is 52.9 Å². The summed E-state index contributed by atoms with van der Waals surface area (Å²) in [6.07, 6.45) is 4.91. The van der Waals surface area contributed by atoms with Gasteiger partial charge in [-0.15, -0.1) is 6.04 Å².